The number of anilines is 1. The molecule has 0 aliphatic heterocycles. The molecular weight excluding hydrogens is 212 g/mol. The first-order chi connectivity index (χ1) is 7.11. The van der Waals surface area contributed by atoms with Crippen LogP contribution in [0.15, 0.2) is 23.3 Å². The molecule has 0 spiro atoms. The van der Waals surface area contributed by atoms with Crippen LogP contribution in [0, 0.1) is 0 Å². The Morgan fingerprint density at radius 1 is 1.40 bits per heavy atom. The zero-order valence-corrected chi connectivity index (χ0v) is 8.62. The molecular formula is C9H10N4OS. The molecule has 6 heteroatoms. The third-order valence-corrected chi connectivity index (χ3v) is 1.62. The molecule has 0 bridgehead atoms. The Hall–Kier alpha value is -1.95. The lowest BCUT2D eigenvalue weighted by Crippen LogP contribution is -2.24. The average Bonchev–Trinajstić information content (AvgIpc) is 2.16. The molecule has 0 amide bonds. The van der Waals surface area contributed by atoms with Crippen molar-refractivity contribution >= 4 is 35.5 Å². The first-order valence-corrected chi connectivity index (χ1v) is 4.47. The van der Waals surface area contributed by atoms with Crippen LogP contribution in [0.4, 0.5) is 5.69 Å². The number of benzene rings is 1. The summed E-state index contributed by atoms with van der Waals surface area (Å²) in [5.41, 5.74) is 14.8. The fraction of sp³-hybridized carbons (Fsp3) is 0. The number of nitrogen functional groups attached to an aromatic ring is 1. The molecule has 0 atom stereocenters. The van der Waals surface area contributed by atoms with Gasteiger partial charge in [-0.05, 0) is 36.0 Å². The second-order valence-electron chi connectivity index (χ2n) is 2.79. The van der Waals surface area contributed by atoms with E-state index in [9.17, 15) is 4.79 Å². The topological polar surface area (TPSA) is 93.5 Å². The minimum atomic E-state index is 0.0748. The maximum Gasteiger partial charge on any atom is 0.184 e. The summed E-state index contributed by atoms with van der Waals surface area (Å²) in [6.07, 6.45) is 2.19. The van der Waals surface area contributed by atoms with E-state index in [1.165, 1.54) is 6.21 Å². The maximum atomic E-state index is 10.5. The standard InChI is InChI=1S/C9H10N4OS/c10-8-2-6(1-7(3-8)5-14)4-12-13-9(11)15/h1-5H,10H2,(H3,11,13,15). The van der Waals surface area contributed by atoms with Crippen LogP contribution < -0.4 is 16.9 Å². The van der Waals surface area contributed by atoms with E-state index in [1.807, 2.05) is 0 Å². The second kappa shape index (κ2) is 5.06. The van der Waals surface area contributed by atoms with Gasteiger partial charge in [-0.1, -0.05) is 0 Å². The minimum Gasteiger partial charge on any atom is -0.399 e. The van der Waals surface area contributed by atoms with Gasteiger partial charge in [0.2, 0.25) is 0 Å². The first-order valence-electron chi connectivity index (χ1n) is 4.06. The third-order valence-electron chi connectivity index (χ3n) is 1.52. The molecule has 15 heavy (non-hydrogen) atoms. The second-order valence-corrected chi connectivity index (χ2v) is 3.22. The average molecular weight is 222 g/mol. The summed E-state index contributed by atoms with van der Waals surface area (Å²) < 4.78 is 0. The summed E-state index contributed by atoms with van der Waals surface area (Å²) >= 11 is 4.56. The molecule has 0 aliphatic rings. The van der Waals surface area contributed by atoms with E-state index in [0.29, 0.717) is 23.1 Å². The van der Waals surface area contributed by atoms with E-state index in [-0.39, 0.29) is 5.11 Å². The molecule has 1 aromatic carbocycles. The van der Waals surface area contributed by atoms with E-state index in [4.69, 9.17) is 11.5 Å². The number of nitrogens with two attached hydrogens (primary N) is 2. The summed E-state index contributed by atoms with van der Waals surface area (Å²) in [4.78, 5) is 10.5. The predicted octanol–water partition coefficient (Wildman–Crippen LogP) is 0.248. The largest absolute Gasteiger partial charge is 0.399 e. The fourth-order valence-corrected chi connectivity index (χ4v) is 1.07. The summed E-state index contributed by atoms with van der Waals surface area (Å²) in [7, 11) is 0. The number of nitrogens with one attached hydrogen (secondary N) is 1. The number of carbonyl (C=O) groups excluding carboxylic acids is 1. The van der Waals surface area contributed by atoms with Crippen molar-refractivity contribution in [1.29, 1.82) is 0 Å². The Morgan fingerprint density at radius 2 is 2.07 bits per heavy atom. The molecule has 0 saturated carbocycles. The predicted molar refractivity (Wildman–Crippen MR) is 63.8 cm³/mol. The van der Waals surface area contributed by atoms with Crippen molar-refractivity contribution in [3.63, 3.8) is 0 Å². The highest BCUT2D eigenvalue weighted by Crippen LogP contribution is 2.08. The van der Waals surface area contributed by atoms with E-state index < -0.39 is 0 Å². The van der Waals surface area contributed by atoms with Crippen LogP contribution in [0.2, 0.25) is 0 Å². The number of nitrogens with zero attached hydrogens (tertiary/aromatic N) is 1. The van der Waals surface area contributed by atoms with Gasteiger partial charge in [0.1, 0.15) is 6.29 Å². The molecule has 0 saturated heterocycles. The maximum absolute atomic E-state index is 10.5. The number of aldehydes is 1. The van der Waals surface area contributed by atoms with Crippen LogP contribution in [-0.4, -0.2) is 17.6 Å². The molecule has 78 valence electrons. The van der Waals surface area contributed by atoms with Gasteiger partial charge >= 0.3 is 0 Å². The molecule has 0 heterocycles. The number of hydrogen-bond donors (Lipinski definition) is 3. The number of carbonyl (C=O) groups is 1. The van der Waals surface area contributed by atoms with Crippen molar-refractivity contribution in [2.45, 2.75) is 0 Å². The lowest BCUT2D eigenvalue weighted by atomic mass is 10.1. The Kier molecular flexibility index (Phi) is 3.75. The van der Waals surface area contributed by atoms with E-state index in [2.05, 4.69) is 22.7 Å². The highest BCUT2D eigenvalue weighted by atomic mass is 32.1. The van der Waals surface area contributed by atoms with Crippen molar-refractivity contribution in [2.75, 3.05) is 5.73 Å². The summed E-state index contributed by atoms with van der Waals surface area (Å²) in [6, 6.07) is 4.90. The van der Waals surface area contributed by atoms with Gasteiger partial charge < -0.3 is 11.5 Å². The molecule has 0 aliphatic carbocycles. The van der Waals surface area contributed by atoms with Crippen molar-refractivity contribution in [1.82, 2.24) is 5.43 Å². The first kappa shape index (κ1) is 11.1. The summed E-state index contributed by atoms with van der Waals surface area (Å²) in [6.45, 7) is 0. The number of hydrogen-bond acceptors (Lipinski definition) is 4. The van der Waals surface area contributed by atoms with Gasteiger partial charge in [0.05, 0.1) is 6.21 Å². The lowest BCUT2D eigenvalue weighted by Gasteiger charge is -1.99. The quantitative estimate of drug-likeness (QED) is 0.224. The Labute approximate surface area is 92.1 Å². The lowest BCUT2D eigenvalue weighted by molar-refractivity contribution is 0.112. The van der Waals surface area contributed by atoms with Gasteiger partial charge in [0, 0.05) is 11.3 Å². The summed E-state index contributed by atoms with van der Waals surface area (Å²) in [5, 5.41) is 3.82. The number of thiocarbonyl (C=S) groups is 1. The normalized spacial score (nSPS) is 10.1. The molecule has 0 aromatic heterocycles. The molecule has 0 fully saturated rings. The fourth-order valence-electron chi connectivity index (χ4n) is 1.02. The van der Waals surface area contributed by atoms with Crippen molar-refractivity contribution in [2.24, 2.45) is 10.8 Å². The monoisotopic (exact) mass is 222 g/mol. The van der Waals surface area contributed by atoms with Crippen LogP contribution >= 0.6 is 12.2 Å². The van der Waals surface area contributed by atoms with Gasteiger partial charge in [-0.2, -0.15) is 5.10 Å². The van der Waals surface area contributed by atoms with Crippen molar-refractivity contribution < 1.29 is 4.79 Å². The van der Waals surface area contributed by atoms with Gasteiger partial charge in [-0.15, -0.1) is 0 Å². The molecule has 5 N–H and O–H groups in total. The molecule has 0 unspecified atom stereocenters. The van der Waals surface area contributed by atoms with Crippen molar-refractivity contribution in [3.05, 3.63) is 29.3 Å². The van der Waals surface area contributed by atoms with Crippen LogP contribution in [0.1, 0.15) is 15.9 Å². The highest BCUT2D eigenvalue weighted by Gasteiger charge is 1.95. The number of hydrazone groups is 1. The summed E-state index contributed by atoms with van der Waals surface area (Å²) in [5.74, 6) is 0. The Balaban J connectivity index is 2.85. The van der Waals surface area contributed by atoms with Gasteiger partial charge in [-0.25, -0.2) is 0 Å². The van der Waals surface area contributed by atoms with Gasteiger partial charge in [0.25, 0.3) is 0 Å². The van der Waals surface area contributed by atoms with Crippen LogP contribution in [0.3, 0.4) is 0 Å². The van der Waals surface area contributed by atoms with Gasteiger partial charge in [0.15, 0.2) is 5.11 Å². The minimum absolute atomic E-state index is 0.0748. The van der Waals surface area contributed by atoms with Crippen LogP contribution in [0.25, 0.3) is 0 Å². The Morgan fingerprint density at radius 3 is 2.67 bits per heavy atom. The molecule has 5 nitrogen and oxygen atoms in total. The Bertz CT molecular complexity index is 417. The van der Waals surface area contributed by atoms with E-state index in [1.54, 1.807) is 18.2 Å². The number of rotatable bonds is 3. The SMILES string of the molecule is NC(=S)NN=Cc1cc(N)cc(C=O)c1. The van der Waals surface area contributed by atoms with Crippen LogP contribution in [0.5, 0.6) is 0 Å². The molecule has 1 aromatic rings. The third kappa shape index (κ3) is 3.74. The molecule has 0 radical (unpaired) electrons. The highest BCUT2D eigenvalue weighted by molar-refractivity contribution is 7.80. The van der Waals surface area contributed by atoms with Crippen molar-refractivity contribution in [3.8, 4) is 0 Å². The van der Waals surface area contributed by atoms with E-state index in [0.717, 1.165) is 0 Å². The van der Waals surface area contributed by atoms with Crippen LogP contribution in [-0.2, 0) is 0 Å². The van der Waals surface area contributed by atoms with E-state index >= 15 is 0 Å². The zero-order valence-electron chi connectivity index (χ0n) is 7.81. The molecule has 1 rings (SSSR count). The zero-order chi connectivity index (χ0) is 11.3. The van der Waals surface area contributed by atoms with Gasteiger partial charge in [-0.3, -0.25) is 10.2 Å². The smallest absolute Gasteiger partial charge is 0.184 e.